The predicted octanol–water partition coefficient (Wildman–Crippen LogP) is 0.763. The maximum Gasteiger partial charge on any atom is 0.407 e. The molecule has 0 saturated carbocycles. The molecule has 8 heteroatoms. The van der Waals surface area contributed by atoms with Crippen LogP contribution in [0.2, 0.25) is 0 Å². The highest BCUT2D eigenvalue weighted by molar-refractivity contribution is 5.68. The molecule has 0 aliphatic carbocycles. The number of hydrogen-bond donors (Lipinski definition) is 3. The number of aliphatic carboxylic acids is 2. The Labute approximate surface area is 124 Å². The number of carboxylic acids is 2. The molecule has 1 amide bonds. The van der Waals surface area contributed by atoms with E-state index in [4.69, 9.17) is 14.9 Å². The molecule has 3 N–H and O–H groups in total. The van der Waals surface area contributed by atoms with E-state index in [1.165, 1.54) is 0 Å². The minimum Gasteiger partial charge on any atom is -0.481 e. The zero-order chi connectivity index (χ0) is 16.5. The second-order valence-corrected chi connectivity index (χ2v) is 5.56. The molecule has 122 valence electrons. The highest BCUT2D eigenvalue weighted by atomic mass is 16.6. The number of nitrogens with zero attached hydrogens (tertiary/aromatic N) is 1. The van der Waals surface area contributed by atoms with Gasteiger partial charge in [0.2, 0.25) is 0 Å². The number of amides is 1. The summed E-state index contributed by atoms with van der Waals surface area (Å²) in [6.07, 6.45) is -0.711. The van der Waals surface area contributed by atoms with Crippen LogP contribution in [0.4, 0.5) is 4.79 Å². The van der Waals surface area contributed by atoms with E-state index in [2.05, 4.69) is 5.32 Å². The molecule has 0 aromatic carbocycles. The third-order valence-electron chi connectivity index (χ3n) is 2.38. The van der Waals surface area contributed by atoms with Crippen LogP contribution in [-0.4, -0.2) is 64.9 Å². The number of carbonyl (C=O) groups is 3. The van der Waals surface area contributed by atoms with Crippen LogP contribution in [0.25, 0.3) is 0 Å². The Morgan fingerprint density at radius 2 is 1.48 bits per heavy atom. The Morgan fingerprint density at radius 1 is 1.00 bits per heavy atom. The van der Waals surface area contributed by atoms with Crippen molar-refractivity contribution in [2.75, 3.05) is 26.2 Å². The fourth-order valence-electron chi connectivity index (χ4n) is 1.47. The lowest BCUT2D eigenvalue weighted by atomic mass is 10.2. The second-order valence-electron chi connectivity index (χ2n) is 5.56. The zero-order valence-electron chi connectivity index (χ0n) is 12.7. The maximum atomic E-state index is 11.4. The lowest BCUT2D eigenvalue weighted by Crippen LogP contribution is -2.39. The third-order valence-corrected chi connectivity index (χ3v) is 2.38. The lowest BCUT2D eigenvalue weighted by molar-refractivity contribution is -0.137. The molecule has 0 saturated heterocycles. The van der Waals surface area contributed by atoms with E-state index in [9.17, 15) is 14.4 Å². The summed E-state index contributed by atoms with van der Waals surface area (Å²) in [5, 5.41) is 19.8. The molecule has 8 nitrogen and oxygen atoms in total. The van der Waals surface area contributed by atoms with Crippen molar-refractivity contribution in [1.82, 2.24) is 10.2 Å². The van der Waals surface area contributed by atoms with Crippen LogP contribution in [0.1, 0.15) is 33.6 Å². The molecule has 0 bridgehead atoms. The number of ether oxygens (including phenoxy) is 1. The van der Waals surface area contributed by atoms with Crippen molar-refractivity contribution in [3.8, 4) is 0 Å². The number of alkyl carbamates (subject to hydrolysis) is 1. The van der Waals surface area contributed by atoms with E-state index in [1.807, 2.05) is 0 Å². The van der Waals surface area contributed by atoms with Gasteiger partial charge in [0.15, 0.2) is 0 Å². The van der Waals surface area contributed by atoms with Crippen molar-refractivity contribution in [3.63, 3.8) is 0 Å². The van der Waals surface area contributed by atoms with Gasteiger partial charge in [0, 0.05) is 26.2 Å². The number of carboxylic acid groups (broad SMARTS) is 2. The van der Waals surface area contributed by atoms with E-state index in [-0.39, 0.29) is 32.5 Å². The van der Waals surface area contributed by atoms with Crippen LogP contribution in [0.5, 0.6) is 0 Å². The van der Waals surface area contributed by atoms with Gasteiger partial charge in [-0.15, -0.1) is 0 Å². The summed E-state index contributed by atoms with van der Waals surface area (Å²) in [6.45, 7) is 6.33. The first-order valence-corrected chi connectivity index (χ1v) is 6.73. The van der Waals surface area contributed by atoms with Crippen molar-refractivity contribution in [2.24, 2.45) is 0 Å². The molecule has 21 heavy (non-hydrogen) atoms. The topological polar surface area (TPSA) is 116 Å². The van der Waals surface area contributed by atoms with Gasteiger partial charge in [-0.05, 0) is 20.8 Å². The smallest absolute Gasteiger partial charge is 0.407 e. The molecule has 0 fully saturated rings. The minimum absolute atomic E-state index is 0.0773. The standard InChI is InChI=1S/C13H24N2O6/c1-13(2,3)21-12(20)14-6-9-15(7-4-10(16)17)8-5-11(18)19/h4-9H2,1-3H3,(H,14,20)(H,16,17)(H,18,19). The Morgan fingerprint density at radius 3 is 1.86 bits per heavy atom. The molecule has 0 aliphatic rings. The quantitative estimate of drug-likeness (QED) is 0.576. The van der Waals surface area contributed by atoms with Gasteiger partial charge < -0.3 is 25.2 Å². The average Bonchev–Trinajstić information content (AvgIpc) is 2.29. The zero-order valence-corrected chi connectivity index (χ0v) is 12.7. The number of carbonyl (C=O) groups excluding carboxylic acids is 1. The molecular weight excluding hydrogens is 280 g/mol. The van der Waals surface area contributed by atoms with Crippen LogP contribution in [0.3, 0.4) is 0 Å². The summed E-state index contributed by atoms with van der Waals surface area (Å²) in [7, 11) is 0. The molecule has 0 aliphatic heterocycles. The molecule has 0 unspecified atom stereocenters. The van der Waals surface area contributed by atoms with Crippen LogP contribution in [0, 0.1) is 0 Å². The largest absolute Gasteiger partial charge is 0.481 e. The first kappa shape index (κ1) is 19.2. The van der Waals surface area contributed by atoms with Gasteiger partial charge in [0.1, 0.15) is 5.60 Å². The Bertz CT molecular complexity index is 346. The Balaban J connectivity index is 4.12. The normalized spacial score (nSPS) is 11.2. The fraction of sp³-hybridized carbons (Fsp3) is 0.769. The van der Waals surface area contributed by atoms with Gasteiger partial charge in [-0.2, -0.15) is 0 Å². The summed E-state index contributed by atoms with van der Waals surface area (Å²) in [4.78, 5) is 34.2. The summed E-state index contributed by atoms with van der Waals surface area (Å²) < 4.78 is 5.06. The predicted molar refractivity (Wildman–Crippen MR) is 75.2 cm³/mol. The van der Waals surface area contributed by atoms with E-state index in [0.29, 0.717) is 6.54 Å². The molecule has 0 aromatic heterocycles. The van der Waals surface area contributed by atoms with Crippen LogP contribution in [0.15, 0.2) is 0 Å². The van der Waals surface area contributed by atoms with Gasteiger partial charge in [-0.3, -0.25) is 9.59 Å². The van der Waals surface area contributed by atoms with E-state index < -0.39 is 23.6 Å². The fourth-order valence-corrected chi connectivity index (χ4v) is 1.47. The van der Waals surface area contributed by atoms with E-state index in [1.54, 1.807) is 25.7 Å². The number of rotatable bonds is 9. The Hall–Kier alpha value is -1.83. The van der Waals surface area contributed by atoms with Crippen molar-refractivity contribution in [1.29, 1.82) is 0 Å². The maximum absolute atomic E-state index is 11.4. The second kappa shape index (κ2) is 9.17. The Kier molecular flexibility index (Phi) is 8.37. The van der Waals surface area contributed by atoms with E-state index >= 15 is 0 Å². The SMILES string of the molecule is CC(C)(C)OC(=O)NCCN(CCC(=O)O)CCC(=O)O. The minimum atomic E-state index is -0.949. The summed E-state index contributed by atoms with van der Waals surface area (Å²) in [5.41, 5.74) is -0.587. The highest BCUT2D eigenvalue weighted by Gasteiger charge is 2.16. The lowest BCUT2D eigenvalue weighted by Gasteiger charge is -2.22. The van der Waals surface area contributed by atoms with E-state index in [0.717, 1.165) is 0 Å². The molecule has 0 rings (SSSR count). The third kappa shape index (κ3) is 12.9. The summed E-state index contributed by atoms with van der Waals surface area (Å²) in [6, 6.07) is 0. The van der Waals surface area contributed by atoms with Crippen molar-refractivity contribution >= 4 is 18.0 Å². The van der Waals surface area contributed by atoms with Crippen molar-refractivity contribution in [3.05, 3.63) is 0 Å². The first-order valence-electron chi connectivity index (χ1n) is 6.73. The highest BCUT2D eigenvalue weighted by Crippen LogP contribution is 2.06. The van der Waals surface area contributed by atoms with Crippen LogP contribution < -0.4 is 5.32 Å². The van der Waals surface area contributed by atoms with Gasteiger partial charge >= 0.3 is 18.0 Å². The summed E-state index contributed by atoms with van der Waals surface area (Å²) >= 11 is 0. The van der Waals surface area contributed by atoms with Crippen molar-refractivity contribution < 1.29 is 29.3 Å². The molecular formula is C13H24N2O6. The van der Waals surface area contributed by atoms with Crippen LogP contribution >= 0.6 is 0 Å². The number of nitrogens with one attached hydrogen (secondary N) is 1. The molecule has 0 aromatic rings. The first-order chi connectivity index (χ1) is 9.60. The van der Waals surface area contributed by atoms with Gasteiger partial charge in [0.05, 0.1) is 12.8 Å². The molecule has 0 spiro atoms. The average molecular weight is 304 g/mol. The molecule has 0 heterocycles. The van der Waals surface area contributed by atoms with Crippen molar-refractivity contribution in [2.45, 2.75) is 39.2 Å². The monoisotopic (exact) mass is 304 g/mol. The van der Waals surface area contributed by atoms with Gasteiger partial charge in [0.25, 0.3) is 0 Å². The van der Waals surface area contributed by atoms with Gasteiger partial charge in [-0.1, -0.05) is 0 Å². The molecule has 0 atom stereocenters. The number of hydrogen-bond acceptors (Lipinski definition) is 5. The summed E-state index contributed by atoms with van der Waals surface area (Å²) in [5.74, 6) is -1.90. The molecule has 0 radical (unpaired) electrons. The van der Waals surface area contributed by atoms with Crippen LogP contribution in [-0.2, 0) is 14.3 Å². The van der Waals surface area contributed by atoms with Gasteiger partial charge in [-0.25, -0.2) is 4.79 Å².